The molecule has 36 heavy (non-hydrogen) atoms. The number of anilines is 3. The summed E-state index contributed by atoms with van der Waals surface area (Å²) in [5, 5.41) is 24.2. The van der Waals surface area contributed by atoms with Gasteiger partial charge in [0, 0.05) is 61.3 Å². The number of hydrogen-bond acceptors (Lipinski definition) is 8. The molecule has 0 bridgehead atoms. The predicted octanol–water partition coefficient (Wildman–Crippen LogP) is 3.19. The van der Waals surface area contributed by atoms with Crippen molar-refractivity contribution in [3.05, 3.63) is 59.1 Å². The summed E-state index contributed by atoms with van der Waals surface area (Å²) in [7, 11) is 2.07. The van der Waals surface area contributed by atoms with Crippen LogP contribution in [0.25, 0.3) is 11.3 Å². The Balaban J connectivity index is 1.51. The van der Waals surface area contributed by atoms with Crippen LogP contribution in [0.4, 0.5) is 21.6 Å². The minimum atomic E-state index is -0.461. The van der Waals surface area contributed by atoms with Gasteiger partial charge in [0.05, 0.1) is 23.6 Å². The molecule has 0 radical (unpaired) electrons. The first-order valence-electron chi connectivity index (χ1n) is 11.8. The summed E-state index contributed by atoms with van der Waals surface area (Å²) in [6, 6.07) is 9.42. The highest BCUT2D eigenvalue weighted by atomic mass is 35.5. The summed E-state index contributed by atoms with van der Waals surface area (Å²) in [6.45, 7) is 3.88. The number of carbonyl (C=O) groups excluding carboxylic acids is 1. The Labute approximate surface area is 214 Å². The Morgan fingerprint density at radius 2 is 1.94 bits per heavy atom. The van der Waals surface area contributed by atoms with Crippen molar-refractivity contribution in [2.45, 2.75) is 12.8 Å². The molecule has 1 aromatic carbocycles. The molecule has 3 N–H and O–H groups in total. The molecule has 3 heterocycles. The molecule has 0 spiro atoms. The molecule has 4 rings (SSSR count). The number of aliphatic hydroxyl groups is 1. The standard InChI is InChI=1S/C25H29ClFN7O2/c1-33-8-10-34(11-9-33)16-25(36)30-24-14-18(6-7-28-24)29-23-15-22(32-31-21(23)3-2-12-35)19-13-17(26)4-5-20(19)27/h4-7,13-15,35H,2-3,8-12,16H2,1H3,(H2,28,29,30,32,36). The maximum Gasteiger partial charge on any atom is 0.239 e. The van der Waals surface area contributed by atoms with E-state index in [9.17, 15) is 14.3 Å². The van der Waals surface area contributed by atoms with Crippen LogP contribution in [-0.2, 0) is 11.2 Å². The molecule has 11 heteroatoms. The van der Waals surface area contributed by atoms with Gasteiger partial charge >= 0.3 is 0 Å². The number of halogens is 2. The van der Waals surface area contributed by atoms with Crippen LogP contribution in [0.1, 0.15) is 12.1 Å². The summed E-state index contributed by atoms with van der Waals surface area (Å²) in [5.41, 5.74) is 2.44. The summed E-state index contributed by atoms with van der Waals surface area (Å²) in [5.74, 6) is -0.173. The van der Waals surface area contributed by atoms with Gasteiger partial charge in [-0.3, -0.25) is 9.69 Å². The van der Waals surface area contributed by atoms with Crippen molar-refractivity contribution >= 4 is 34.7 Å². The largest absolute Gasteiger partial charge is 0.396 e. The average Bonchev–Trinajstić information content (AvgIpc) is 2.86. The topological polar surface area (TPSA) is 107 Å². The van der Waals surface area contributed by atoms with E-state index in [0.29, 0.717) is 53.0 Å². The van der Waals surface area contributed by atoms with E-state index < -0.39 is 5.82 Å². The number of nitrogens with zero attached hydrogens (tertiary/aromatic N) is 5. The maximum absolute atomic E-state index is 14.4. The predicted molar refractivity (Wildman–Crippen MR) is 138 cm³/mol. The normalized spacial score (nSPS) is 14.6. The fraction of sp³-hybridized carbons (Fsp3) is 0.360. The molecular formula is C25H29ClFN7O2. The molecule has 1 saturated heterocycles. The minimum Gasteiger partial charge on any atom is -0.396 e. The quantitative estimate of drug-likeness (QED) is 0.400. The van der Waals surface area contributed by atoms with Crippen LogP contribution in [0.3, 0.4) is 0 Å². The van der Waals surface area contributed by atoms with Gasteiger partial charge in [0.25, 0.3) is 0 Å². The fourth-order valence-electron chi connectivity index (χ4n) is 3.91. The van der Waals surface area contributed by atoms with Crippen LogP contribution in [0.2, 0.25) is 5.02 Å². The van der Waals surface area contributed by atoms with Crippen LogP contribution in [0.15, 0.2) is 42.6 Å². The number of piperazine rings is 1. The molecule has 0 aliphatic carbocycles. The second-order valence-corrected chi connectivity index (χ2v) is 9.16. The van der Waals surface area contributed by atoms with Crippen LogP contribution in [-0.4, -0.2) is 82.4 Å². The fourth-order valence-corrected chi connectivity index (χ4v) is 4.08. The van der Waals surface area contributed by atoms with E-state index in [1.807, 2.05) is 0 Å². The highest BCUT2D eigenvalue weighted by Gasteiger charge is 2.17. The molecule has 1 amide bonds. The van der Waals surface area contributed by atoms with E-state index >= 15 is 0 Å². The molecule has 2 aromatic heterocycles. The highest BCUT2D eigenvalue weighted by molar-refractivity contribution is 6.30. The molecule has 1 aliphatic rings. The Morgan fingerprint density at radius 1 is 1.14 bits per heavy atom. The first kappa shape index (κ1) is 25.9. The molecule has 0 saturated carbocycles. The van der Waals surface area contributed by atoms with Crippen molar-refractivity contribution in [3.8, 4) is 11.3 Å². The third kappa shape index (κ3) is 6.94. The molecule has 9 nitrogen and oxygen atoms in total. The molecular weight excluding hydrogens is 485 g/mol. The number of rotatable bonds is 9. The number of aromatic nitrogens is 3. The van der Waals surface area contributed by atoms with Crippen molar-refractivity contribution in [2.75, 3.05) is 57.0 Å². The van der Waals surface area contributed by atoms with Crippen molar-refractivity contribution < 1.29 is 14.3 Å². The zero-order chi connectivity index (χ0) is 25.5. The number of likely N-dealkylation sites (N-methyl/N-ethyl adjacent to an activating group) is 1. The van der Waals surface area contributed by atoms with Crippen LogP contribution < -0.4 is 10.6 Å². The lowest BCUT2D eigenvalue weighted by atomic mass is 10.1. The second-order valence-electron chi connectivity index (χ2n) is 8.72. The molecule has 0 atom stereocenters. The summed E-state index contributed by atoms with van der Waals surface area (Å²) < 4.78 is 14.4. The van der Waals surface area contributed by atoms with E-state index in [0.717, 1.165) is 26.2 Å². The van der Waals surface area contributed by atoms with Gasteiger partial charge in [-0.1, -0.05) is 11.6 Å². The number of aliphatic hydroxyl groups excluding tert-OH is 1. The maximum atomic E-state index is 14.4. The monoisotopic (exact) mass is 513 g/mol. The Bertz CT molecular complexity index is 1200. The summed E-state index contributed by atoms with van der Waals surface area (Å²) in [6.07, 6.45) is 2.56. The Morgan fingerprint density at radius 3 is 2.72 bits per heavy atom. The third-order valence-electron chi connectivity index (χ3n) is 5.92. The van der Waals surface area contributed by atoms with Gasteiger partial charge in [0.2, 0.25) is 5.91 Å². The number of hydrogen-bond donors (Lipinski definition) is 3. The van der Waals surface area contributed by atoms with E-state index in [1.54, 1.807) is 24.4 Å². The van der Waals surface area contributed by atoms with Crippen LogP contribution in [0.5, 0.6) is 0 Å². The zero-order valence-electron chi connectivity index (χ0n) is 20.0. The number of benzene rings is 1. The highest BCUT2D eigenvalue weighted by Crippen LogP contribution is 2.29. The number of nitrogens with one attached hydrogen (secondary N) is 2. The van der Waals surface area contributed by atoms with Gasteiger partial charge in [-0.2, -0.15) is 5.10 Å². The lowest BCUT2D eigenvalue weighted by Gasteiger charge is -2.31. The smallest absolute Gasteiger partial charge is 0.239 e. The van der Waals surface area contributed by atoms with E-state index in [4.69, 9.17) is 11.6 Å². The Hall–Kier alpha value is -3.18. The minimum absolute atomic E-state index is 0.00450. The van der Waals surface area contributed by atoms with Gasteiger partial charge in [0.1, 0.15) is 11.6 Å². The second kappa shape index (κ2) is 12.2. The van der Waals surface area contributed by atoms with Crippen LogP contribution in [0, 0.1) is 5.82 Å². The molecule has 190 valence electrons. The SMILES string of the molecule is CN1CCN(CC(=O)Nc2cc(Nc3cc(-c4cc(Cl)ccc4F)nnc3CCCO)ccn2)CC1. The number of aryl methyl sites for hydroxylation is 1. The zero-order valence-corrected chi connectivity index (χ0v) is 20.8. The summed E-state index contributed by atoms with van der Waals surface area (Å²) >= 11 is 6.06. The van der Waals surface area contributed by atoms with E-state index in [2.05, 4.69) is 42.7 Å². The molecule has 1 fully saturated rings. The van der Waals surface area contributed by atoms with Gasteiger partial charge in [-0.05, 0) is 50.2 Å². The van der Waals surface area contributed by atoms with Crippen LogP contribution >= 0.6 is 11.6 Å². The van der Waals surface area contributed by atoms with Crippen molar-refractivity contribution in [1.29, 1.82) is 0 Å². The molecule has 1 aliphatic heterocycles. The van der Waals surface area contributed by atoms with Gasteiger partial charge in [-0.25, -0.2) is 9.37 Å². The van der Waals surface area contributed by atoms with Gasteiger partial charge in [-0.15, -0.1) is 5.10 Å². The first-order valence-corrected chi connectivity index (χ1v) is 12.2. The van der Waals surface area contributed by atoms with Gasteiger partial charge < -0.3 is 20.6 Å². The summed E-state index contributed by atoms with van der Waals surface area (Å²) in [4.78, 5) is 21.2. The Kier molecular flexibility index (Phi) is 8.76. The third-order valence-corrected chi connectivity index (χ3v) is 6.15. The number of pyridine rings is 1. The lowest BCUT2D eigenvalue weighted by molar-refractivity contribution is -0.117. The van der Waals surface area contributed by atoms with Gasteiger partial charge in [0.15, 0.2) is 0 Å². The van der Waals surface area contributed by atoms with E-state index in [1.165, 1.54) is 18.2 Å². The average molecular weight is 514 g/mol. The van der Waals surface area contributed by atoms with E-state index in [-0.39, 0.29) is 18.1 Å². The first-order chi connectivity index (χ1) is 17.4. The number of carbonyl (C=O) groups is 1. The molecule has 3 aromatic rings. The molecule has 0 unspecified atom stereocenters. The van der Waals surface area contributed by atoms with Crippen molar-refractivity contribution in [2.24, 2.45) is 0 Å². The lowest BCUT2D eigenvalue weighted by Crippen LogP contribution is -2.47. The number of amides is 1. The van der Waals surface area contributed by atoms with Crippen molar-refractivity contribution in [1.82, 2.24) is 25.0 Å². The van der Waals surface area contributed by atoms with Crippen molar-refractivity contribution in [3.63, 3.8) is 0 Å².